The van der Waals surface area contributed by atoms with Gasteiger partial charge in [0.15, 0.2) is 0 Å². The zero-order valence-corrected chi connectivity index (χ0v) is 15.4. The third-order valence-corrected chi connectivity index (χ3v) is 10.9. The minimum absolute atomic E-state index is 0.568. The van der Waals surface area contributed by atoms with E-state index in [2.05, 4.69) is 58.0 Å². The Morgan fingerprint density at radius 2 is 1.43 bits per heavy atom. The van der Waals surface area contributed by atoms with Gasteiger partial charge in [0.25, 0.3) is 0 Å². The van der Waals surface area contributed by atoms with E-state index >= 15 is 0 Å². The molecule has 1 aromatic heterocycles. The highest BCUT2D eigenvalue weighted by atomic mass is 28.3. The third-order valence-electron chi connectivity index (χ3n) is 4.63. The van der Waals surface area contributed by atoms with Gasteiger partial charge in [-0.15, -0.1) is 5.54 Å². The van der Waals surface area contributed by atoms with E-state index in [0.29, 0.717) is 16.6 Å². The molecule has 21 heavy (non-hydrogen) atoms. The second kappa shape index (κ2) is 6.77. The van der Waals surface area contributed by atoms with Crippen molar-refractivity contribution in [3.63, 3.8) is 0 Å². The zero-order chi connectivity index (χ0) is 16.3. The molecule has 0 amide bonds. The number of hydrogen-bond donors (Lipinski definition) is 1. The van der Waals surface area contributed by atoms with Crippen LogP contribution in [-0.4, -0.2) is 18.2 Å². The SMILES string of the molecule is CC(C)[Si](C#CC(C)(O)c1ccncc1)(C(C)C)C(C)C. The first-order chi connectivity index (χ1) is 9.64. The summed E-state index contributed by atoms with van der Waals surface area (Å²) in [4.78, 5) is 4.00. The summed E-state index contributed by atoms with van der Waals surface area (Å²) in [5.74, 6) is 3.20. The van der Waals surface area contributed by atoms with E-state index in [-0.39, 0.29) is 0 Å². The molecule has 0 saturated heterocycles. The van der Waals surface area contributed by atoms with Crippen molar-refractivity contribution in [2.45, 2.75) is 70.7 Å². The molecule has 3 heteroatoms. The first-order valence-electron chi connectivity index (χ1n) is 7.81. The lowest BCUT2D eigenvalue weighted by atomic mass is 9.99. The third kappa shape index (κ3) is 3.75. The molecule has 1 rings (SSSR count). The van der Waals surface area contributed by atoms with Gasteiger partial charge in [-0.05, 0) is 41.2 Å². The molecule has 1 N–H and O–H groups in total. The van der Waals surface area contributed by atoms with Crippen molar-refractivity contribution >= 4 is 8.07 Å². The molecule has 0 radical (unpaired) electrons. The molecule has 0 aliphatic rings. The molecule has 0 aliphatic heterocycles. The Morgan fingerprint density at radius 3 is 1.81 bits per heavy atom. The van der Waals surface area contributed by atoms with Gasteiger partial charge in [0.2, 0.25) is 0 Å². The Morgan fingerprint density at radius 1 is 1.00 bits per heavy atom. The van der Waals surface area contributed by atoms with Crippen LogP contribution in [0.2, 0.25) is 16.6 Å². The predicted octanol–water partition coefficient (Wildman–Crippen LogP) is 4.51. The molecule has 1 aromatic rings. The number of aromatic nitrogens is 1. The normalized spacial score (nSPS) is 15.0. The van der Waals surface area contributed by atoms with Crippen LogP contribution in [0.5, 0.6) is 0 Å². The van der Waals surface area contributed by atoms with Crippen molar-refractivity contribution in [2.75, 3.05) is 0 Å². The Labute approximate surface area is 131 Å². The number of aliphatic hydroxyl groups is 1. The van der Waals surface area contributed by atoms with Crippen LogP contribution in [0.15, 0.2) is 24.5 Å². The number of hydrogen-bond acceptors (Lipinski definition) is 2. The van der Waals surface area contributed by atoms with Gasteiger partial charge in [-0.2, -0.15) is 0 Å². The molecule has 0 bridgehead atoms. The summed E-state index contributed by atoms with van der Waals surface area (Å²) >= 11 is 0. The summed E-state index contributed by atoms with van der Waals surface area (Å²) in [6.07, 6.45) is 3.40. The van der Waals surface area contributed by atoms with Gasteiger partial charge in [0, 0.05) is 12.4 Å². The quantitative estimate of drug-likeness (QED) is 0.656. The fraction of sp³-hybridized carbons (Fsp3) is 0.611. The highest BCUT2D eigenvalue weighted by Gasteiger charge is 2.42. The van der Waals surface area contributed by atoms with Crippen molar-refractivity contribution in [3.8, 4) is 11.5 Å². The lowest BCUT2D eigenvalue weighted by molar-refractivity contribution is 0.122. The van der Waals surface area contributed by atoms with Crippen LogP contribution in [0, 0.1) is 11.5 Å². The average molecular weight is 304 g/mol. The Kier molecular flexibility index (Phi) is 5.78. The molecule has 0 spiro atoms. The molecule has 1 atom stereocenters. The van der Waals surface area contributed by atoms with Gasteiger partial charge in [-0.25, -0.2) is 0 Å². The van der Waals surface area contributed by atoms with Gasteiger partial charge in [0.1, 0.15) is 13.7 Å². The zero-order valence-electron chi connectivity index (χ0n) is 14.4. The number of pyridine rings is 1. The van der Waals surface area contributed by atoms with Crippen molar-refractivity contribution < 1.29 is 5.11 Å². The van der Waals surface area contributed by atoms with Gasteiger partial charge in [0.05, 0.1) is 0 Å². The number of nitrogens with zero attached hydrogens (tertiary/aromatic N) is 1. The maximum absolute atomic E-state index is 10.7. The van der Waals surface area contributed by atoms with E-state index in [1.54, 1.807) is 19.3 Å². The van der Waals surface area contributed by atoms with Crippen LogP contribution in [0.25, 0.3) is 0 Å². The van der Waals surface area contributed by atoms with Crippen molar-refractivity contribution in [3.05, 3.63) is 30.1 Å². The molecule has 1 unspecified atom stereocenters. The van der Waals surface area contributed by atoms with Crippen molar-refractivity contribution in [2.24, 2.45) is 0 Å². The molecular weight excluding hydrogens is 274 g/mol. The second-order valence-electron chi connectivity index (χ2n) is 6.96. The molecule has 2 nitrogen and oxygen atoms in total. The van der Waals surface area contributed by atoms with E-state index < -0.39 is 13.7 Å². The van der Waals surface area contributed by atoms with Gasteiger partial charge in [-0.1, -0.05) is 47.5 Å². The van der Waals surface area contributed by atoms with Crippen LogP contribution in [-0.2, 0) is 5.60 Å². The summed E-state index contributed by atoms with van der Waals surface area (Å²) in [7, 11) is -1.81. The molecule has 0 saturated carbocycles. The maximum atomic E-state index is 10.7. The summed E-state index contributed by atoms with van der Waals surface area (Å²) in [6.45, 7) is 15.5. The molecule has 0 aliphatic carbocycles. The lowest BCUT2D eigenvalue weighted by Gasteiger charge is -2.38. The number of rotatable bonds is 4. The summed E-state index contributed by atoms with van der Waals surface area (Å²) in [6, 6.07) is 3.66. The van der Waals surface area contributed by atoms with Crippen molar-refractivity contribution in [1.82, 2.24) is 4.98 Å². The first-order valence-corrected chi connectivity index (χ1v) is 10.0. The molecule has 1 heterocycles. The highest BCUT2D eigenvalue weighted by Crippen LogP contribution is 2.41. The maximum Gasteiger partial charge on any atom is 0.147 e. The van der Waals surface area contributed by atoms with Gasteiger partial charge < -0.3 is 5.11 Å². The summed E-state index contributed by atoms with van der Waals surface area (Å²) in [5, 5.41) is 10.7. The van der Waals surface area contributed by atoms with E-state index in [1.807, 2.05) is 12.1 Å². The fourth-order valence-electron chi connectivity index (χ4n) is 3.41. The summed E-state index contributed by atoms with van der Waals surface area (Å²) in [5.41, 5.74) is 4.99. The molecular formula is C18H29NOSi. The molecule has 0 fully saturated rings. The van der Waals surface area contributed by atoms with E-state index in [1.165, 1.54) is 0 Å². The van der Waals surface area contributed by atoms with E-state index in [4.69, 9.17) is 0 Å². The Balaban J connectivity index is 3.28. The van der Waals surface area contributed by atoms with Gasteiger partial charge >= 0.3 is 0 Å². The largest absolute Gasteiger partial charge is 0.374 e. The van der Waals surface area contributed by atoms with Crippen LogP contribution >= 0.6 is 0 Å². The topological polar surface area (TPSA) is 33.1 Å². The minimum Gasteiger partial charge on any atom is -0.374 e. The van der Waals surface area contributed by atoms with Crippen molar-refractivity contribution in [1.29, 1.82) is 0 Å². The molecule has 116 valence electrons. The predicted molar refractivity (Wildman–Crippen MR) is 92.6 cm³/mol. The fourth-order valence-corrected chi connectivity index (χ4v) is 8.74. The average Bonchev–Trinajstić information content (AvgIpc) is 2.39. The van der Waals surface area contributed by atoms with Crippen LogP contribution in [0.4, 0.5) is 0 Å². The second-order valence-corrected chi connectivity index (χ2v) is 12.5. The van der Waals surface area contributed by atoms with Gasteiger partial charge in [-0.3, -0.25) is 4.98 Å². The Hall–Kier alpha value is -1.11. The van der Waals surface area contributed by atoms with Crippen LogP contribution < -0.4 is 0 Å². The van der Waals surface area contributed by atoms with Crippen LogP contribution in [0.1, 0.15) is 54.0 Å². The van der Waals surface area contributed by atoms with Crippen LogP contribution in [0.3, 0.4) is 0 Å². The minimum atomic E-state index is -1.81. The Bertz CT molecular complexity index is 487. The first kappa shape index (κ1) is 17.9. The monoisotopic (exact) mass is 303 g/mol. The summed E-state index contributed by atoms with van der Waals surface area (Å²) < 4.78 is 0. The van der Waals surface area contributed by atoms with E-state index in [0.717, 1.165) is 5.56 Å². The standard InChI is InChI=1S/C18H29NOSi/c1-14(2)21(15(3)4,16(5)6)13-10-18(7,20)17-8-11-19-12-9-17/h8-9,11-12,14-16,20H,1-7H3. The smallest absolute Gasteiger partial charge is 0.147 e. The lowest BCUT2D eigenvalue weighted by Crippen LogP contribution is -2.43. The highest BCUT2D eigenvalue weighted by molar-refractivity contribution is 6.90. The molecule has 0 aromatic carbocycles. The van der Waals surface area contributed by atoms with E-state index in [9.17, 15) is 5.11 Å².